The standard InChI is InChI=1S/C24H25N7O/c1-16-6-5-7-18-22(16)30-29-17(2)23(18)27-21-10-11-25-24(28-21)26-19-8-3-4-9-20(19)31-12-14-32-15-13-31/h3-11H,12-15H2,1-2H3,(H2,25,26,27,28,30). The molecule has 0 aliphatic carbocycles. The summed E-state index contributed by atoms with van der Waals surface area (Å²) in [6, 6.07) is 16.2. The summed E-state index contributed by atoms with van der Waals surface area (Å²) in [6.45, 7) is 7.17. The number of morpholine rings is 1. The number of rotatable bonds is 5. The topological polar surface area (TPSA) is 88.1 Å². The molecule has 2 N–H and O–H groups in total. The average molecular weight is 428 g/mol. The van der Waals surface area contributed by atoms with E-state index in [9.17, 15) is 0 Å². The Hall–Kier alpha value is -3.78. The monoisotopic (exact) mass is 427 g/mol. The fraction of sp³-hybridized carbons (Fsp3) is 0.250. The molecule has 0 amide bonds. The van der Waals surface area contributed by atoms with Crippen molar-refractivity contribution in [2.75, 3.05) is 41.8 Å². The summed E-state index contributed by atoms with van der Waals surface area (Å²) in [5.41, 5.74) is 5.77. The molecule has 0 bridgehead atoms. The number of para-hydroxylation sites is 2. The second-order valence-electron chi connectivity index (χ2n) is 7.76. The van der Waals surface area contributed by atoms with Crippen LogP contribution < -0.4 is 15.5 Å². The first-order valence-electron chi connectivity index (χ1n) is 10.7. The largest absolute Gasteiger partial charge is 0.378 e. The lowest BCUT2D eigenvalue weighted by molar-refractivity contribution is 0.123. The van der Waals surface area contributed by atoms with Crippen LogP contribution in [0.3, 0.4) is 0 Å². The van der Waals surface area contributed by atoms with Gasteiger partial charge < -0.3 is 20.3 Å². The van der Waals surface area contributed by atoms with Gasteiger partial charge in [-0.15, -0.1) is 5.10 Å². The number of benzene rings is 2. The van der Waals surface area contributed by atoms with Crippen LogP contribution in [-0.2, 0) is 4.74 Å². The number of hydrogen-bond donors (Lipinski definition) is 2. The molecule has 0 radical (unpaired) electrons. The second kappa shape index (κ2) is 8.76. The first kappa shape index (κ1) is 20.1. The van der Waals surface area contributed by atoms with E-state index in [2.05, 4.69) is 36.8 Å². The third kappa shape index (κ3) is 4.04. The summed E-state index contributed by atoms with van der Waals surface area (Å²) in [7, 11) is 0. The van der Waals surface area contributed by atoms with Gasteiger partial charge in [0.2, 0.25) is 5.95 Å². The van der Waals surface area contributed by atoms with E-state index in [1.165, 1.54) is 0 Å². The van der Waals surface area contributed by atoms with Crippen LogP contribution in [0.4, 0.5) is 28.8 Å². The minimum atomic E-state index is 0.524. The maximum absolute atomic E-state index is 5.49. The molecule has 0 saturated carbocycles. The van der Waals surface area contributed by atoms with Gasteiger partial charge in [0.05, 0.1) is 41.5 Å². The van der Waals surface area contributed by atoms with E-state index in [1.807, 2.05) is 56.3 Å². The molecule has 8 nitrogen and oxygen atoms in total. The van der Waals surface area contributed by atoms with E-state index in [0.717, 1.165) is 65.5 Å². The quantitative estimate of drug-likeness (QED) is 0.486. The van der Waals surface area contributed by atoms with Crippen LogP contribution in [0.15, 0.2) is 54.7 Å². The predicted octanol–water partition coefficient (Wildman–Crippen LogP) is 4.36. The van der Waals surface area contributed by atoms with Crippen LogP contribution in [0, 0.1) is 13.8 Å². The van der Waals surface area contributed by atoms with Gasteiger partial charge in [0, 0.05) is 24.7 Å². The van der Waals surface area contributed by atoms with Crippen LogP contribution >= 0.6 is 0 Å². The van der Waals surface area contributed by atoms with Gasteiger partial charge >= 0.3 is 0 Å². The molecular formula is C24H25N7O. The van der Waals surface area contributed by atoms with Gasteiger partial charge in [0.1, 0.15) is 5.82 Å². The van der Waals surface area contributed by atoms with Gasteiger partial charge in [-0.25, -0.2) is 4.98 Å². The minimum Gasteiger partial charge on any atom is -0.378 e. The smallest absolute Gasteiger partial charge is 0.229 e. The third-order valence-electron chi connectivity index (χ3n) is 5.58. The van der Waals surface area contributed by atoms with Crippen molar-refractivity contribution in [1.29, 1.82) is 0 Å². The Labute approximate surface area is 186 Å². The van der Waals surface area contributed by atoms with E-state index in [-0.39, 0.29) is 0 Å². The highest BCUT2D eigenvalue weighted by molar-refractivity contribution is 5.95. The first-order valence-corrected chi connectivity index (χ1v) is 10.7. The Balaban J connectivity index is 1.43. The number of ether oxygens (including phenoxy) is 1. The van der Waals surface area contributed by atoms with Crippen molar-refractivity contribution in [1.82, 2.24) is 20.2 Å². The number of nitrogens with one attached hydrogen (secondary N) is 2. The van der Waals surface area contributed by atoms with Crippen LogP contribution in [-0.4, -0.2) is 46.5 Å². The summed E-state index contributed by atoms with van der Waals surface area (Å²) < 4.78 is 5.49. The molecule has 1 aliphatic rings. The highest BCUT2D eigenvalue weighted by atomic mass is 16.5. The molecule has 4 aromatic rings. The molecule has 3 heterocycles. The van der Waals surface area contributed by atoms with Gasteiger partial charge in [-0.1, -0.05) is 30.3 Å². The summed E-state index contributed by atoms with van der Waals surface area (Å²) in [5, 5.41) is 16.5. The van der Waals surface area contributed by atoms with E-state index < -0.39 is 0 Å². The van der Waals surface area contributed by atoms with E-state index >= 15 is 0 Å². The normalized spacial score (nSPS) is 13.9. The van der Waals surface area contributed by atoms with Crippen molar-refractivity contribution in [2.24, 2.45) is 0 Å². The van der Waals surface area contributed by atoms with Crippen molar-refractivity contribution < 1.29 is 4.74 Å². The SMILES string of the molecule is Cc1nnc2c(C)cccc2c1Nc1ccnc(Nc2ccccc2N2CCOCC2)n1. The Morgan fingerprint density at radius 2 is 1.75 bits per heavy atom. The number of nitrogens with zero attached hydrogens (tertiary/aromatic N) is 5. The van der Waals surface area contributed by atoms with E-state index in [0.29, 0.717) is 11.8 Å². The van der Waals surface area contributed by atoms with Gasteiger partial charge in [-0.2, -0.15) is 10.1 Å². The summed E-state index contributed by atoms with van der Waals surface area (Å²) in [4.78, 5) is 11.4. The molecule has 0 unspecified atom stereocenters. The van der Waals surface area contributed by atoms with Gasteiger partial charge in [-0.05, 0) is 37.6 Å². The zero-order chi connectivity index (χ0) is 21.9. The molecular weight excluding hydrogens is 402 g/mol. The lowest BCUT2D eigenvalue weighted by atomic mass is 10.1. The summed E-state index contributed by atoms with van der Waals surface area (Å²) in [5.74, 6) is 1.21. The van der Waals surface area contributed by atoms with E-state index in [4.69, 9.17) is 9.72 Å². The molecule has 0 atom stereocenters. The zero-order valence-corrected chi connectivity index (χ0v) is 18.2. The Kier molecular flexibility index (Phi) is 5.51. The molecule has 1 aliphatic heterocycles. The average Bonchev–Trinajstić information content (AvgIpc) is 2.82. The number of anilines is 5. The maximum atomic E-state index is 5.49. The number of aryl methyl sites for hydroxylation is 2. The fourth-order valence-electron chi connectivity index (χ4n) is 3.92. The number of fused-ring (bicyclic) bond motifs is 1. The summed E-state index contributed by atoms with van der Waals surface area (Å²) >= 11 is 0. The zero-order valence-electron chi connectivity index (χ0n) is 18.2. The summed E-state index contributed by atoms with van der Waals surface area (Å²) in [6.07, 6.45) is 1.74. The molecule has 0 spiro atoms. The Morgan fingerprint density at radius 1 is 0.906 bits per heavy atom. The van der Waals surface area contributed by atoms with Gasteiger partial charge in [-0.3, -0.25) is 0 Å². The molecule has 1 fully saturated rings. The van der Waals surface area contributed by atoms with Crippen LogP contribution in [0.5, 0.6) is 0 Å². The van der Waals surface area contributed by atoms with Crippen LogP contribution in [0.1, 0.15) is 11.3 Å². The first-order chi connectivity index (χ1) is 15.7. The minimum absolute atomic E-state index is 0.524. The molecule has 1 saturated heterocycles. The van der Waals surface area contributed by atoms with Crippen molar-refractivity contribution in [3.8, 4) is 0 Å². The van der Waals surface area contributed by atoms with Crippen molar-refractivity contribution >= 4 is 39.7 Å². The van der Waals surface area contributed by atoms with Gasteiger partial charge in [0.15, 0.2) is 0 Å². The molecule has 162 valence electrons. The lowest BCUT2D eigenvalue weighted by Crippen LogP contribution is -2.36. The van der Waals surface area contributed by atoms with Crippen LogP contribution in [0.25, 0.3) is 10.9 Å². The number of aromatic nitrogens is 4. The number of hydrogen-bond acceptors (Lipinski definition) is 8. The fourth-order valence-corrected chi connectivity index (χ4v) is 3.92. The Morgan fingerprint density at radius 3 is 2.62 bits per heavy atom. The highest BCUT2D eigenvalue weighted by Gasteiger charge is 2.15. The second-order valence-corrected chi connectivity index (χ2v) is 7.76. The maximum Gasteiger partial charge on any atom is 0.229 e. The van der Waals surface area contributed by atoms with Crippen molar-refractivity contribution in [3.05, 3.63) is 66.0 Å². The van der Waals surface area contributed by atoms with Crippen molar-refractivity contribution in [2.45, 2.75) is 13.8 Å². The third-order valence-corrected chi connectivity index (χ3v) is 5.58. The van der Waals surface area contributed by atoms with Gasteiger partial charge in [0.25, 0.3) is 0 Å². The highest BCUT2D eigenvalue weighted by Crippen LogP contribution is 2.30. The lowest BCUT2D eigenvalue weighted by Gasteiger charge is -2.30. The molecule has 32 heavy (non-hydrogen) atoms. The van der Waals surface area contributed by atoms with E-state index in [1.54, 1.807) is 6.20 Å². The van der Waals surface area contributed by atoms with Crippen molar-refractivity contribution in [3.63, 3.8) is 0 Å². The molecule has 2 aromatic carbocycles. The predicted molar refractivity (Wildman–Crippen MR) is 127 cm³/mol. The molecule has 2 aromatic heterocycles. The molecule has 8 heteroatoms. The Bertz CT molecular complexity index is 1250. The molecule has 5 rings (SSSR count). The van der Waals surface area contributed by atoms with Crippen LogP contribution in [0.2, 0.25) is 0 Å².